The van der Waals surface area contributed by atoms with E-state index in [2.05, 4.69) is 4.57 Å². The fourth-order valence-corrected chi connectivity index (χ4v) is 1.16. The average Bonchev–Trinajstić information content (AvgIpc) is 2.08. The Balaban J connectivity index is 0.000000217. The van der Waals surface area contributed by atoms with Crippen LogP contribution in [0.3, 0.4) is 0 Å². The minimum atomic E-state index is 0.0625. The van der Waals surface area contributed by atoms with E-state index in [4.69, 9.17) is 15.1 Å². The van der Waals surface area contributed by atoms with Crippen molar-refractivity contribution in [1.29, 1.82) is 0 Å². The second kappa shape index (κ2) is 8.59. The van der Waals surface area contributed by atoms with Gasteiger partial charge in [-0.25, -0.2) is 0 Å². The Morgan fingerprint density at radius 1 is 1.08 bits per heavy atom. The molecule has 0 heterocycles. The van der Waals surface area contributed by atoms with Gasteiger partial charge in [0.15, 0.2) is 0 Å². The van der Waals surface area contributed by atoms with Gasteiger partial charge in [0, 0.05) is 6.04 Å². The molecule has 6 heteroatoms. The van der Waals surface area contributed by atoms with Crippen molar-refractivity contribution < 1.29 is 14.0 Å². The van der Waals surface area contributed by atoms with Crippen LogP contribution in [0.25, 0.3) is 0 Å². The van der Waals surface area contributed by atoms with E-state index >= 15 is 0 Å². The maximum atomic E-state index is 8.95. The molecule has 0 atom stereocenters. The molecule has 0 aromatic rings. The Morgan fingerprint density at radius 3 is 1.75 bits per heavy atom. The third-order valence-electron chi connectivity index (χ3n) is 1.76. The first kappa shape index (κ1) is 11.5. The summed E-state index contributed by atoms with van der Waals surface area (Å²) in [4.78, 5) is 0. The van der Waals surface area contributed by atoms with Crippen LogP contribution in [0.15, 0.2) is 0 Å². The van der Waals surface area contributed by atoms with Crippen molar-refractivity contribution in [1.82, 2.24) is 0 Å². The molecule has 1 aliphatic carbocycles. The molecule has 0 radical (unpaired) electrons. The van der Waals surface area contributed by atoms with Crippen LogP contribution in [0.2, 0.25) is 0 Å². The van der Waals surface area contributed by atoms with Crippen molar-refractivity contribution in [2.24, 2.45) is 5.73 Å². The van der Waals surface area contributed by atoms with E-state index in [1.807, 2.05) is 0 Å². The monoisotopic (exact) mass is 169 g/mol. The molecule has 1 fully saturated rings. The molecule has 1 saturated carbocycles. The number of hydrogen-bond acceptors (Lipinski definition) is 4. The van der Waals surface area contributed by atoms with E-state index in [-0.39, 0.29) is 14.7 Å². The van der Waals surface area contributed by atoms with Crippen molar-refractivity contribution in [2.45, 2.75) is 38.1 Å². The van der Waals surface area contributed by atoms with Gasteiger partial charge in [0.25, 0.3) is 0 Å². The molecule has 0 bridgehead atoms. The minimum absolute atomic E-state index is 0.0625. The molecule has 0 aliphatic heterocycles. The molecule has 0 spiro atoms. The van der Waals surface area contributed by atoms with Gasteiger partial charge in [0.05, 0.1) is 0 Å². The van der Waals surface area contributed by atoms with Crippen LogP contribution in [0, 0.1) is 0 Å². The zero-order valence-corrected chi connectivity index (χ0v) is 7.07. The summed E-state index contributed by atoms with van der Waals surface area (Å²) in [5.41, 5.74) is 5.63. The quantitative estimate of drug-likeness (QED) is 0.599. The van der Waals surface area contributed by atoms with Crippen molar-refractivity contribution in [3.05, 3.63) is 0 Å². The third-order valence-corrected chi connectivity index (χ3v) is 1.76. The predicted octanol–water partition coefficient (Wildman–Crippen LogP) is 0.210. The Kier molecular flexibility index (Phi) is 8.22. The molecule has 0 unspecified atom stereocenters. The normalized spacial score (nSPS) is 16.4. The van der Waals surface area contributed by atoms with Gasteiger partial charge in [-0.3, -0.25) is 0 Å². The van der Waals surface area contributed by atoms with Crippen LogP contribution in [0.5, 0.6) is 0 Å². The van der Waals surface area contributed by atoms with E-state index in [0.29, 0.717) is 6.04 Å². The first-order valence-corrected chi connectivity index (χ1v) is 4.09. The Bertz CT molecular complexity index is 122. The molecule has 12 heavy (non-hydrogen) atoms. The summed E-state index contributed by atoms with van der Waals surface area (Å²) in [5.74, 6) is 0. The molecule has 0 aromatic carbocycles. The summed E-state index contributed by atoms with van der Waals surface area (Å²) in [6.45, 7) is 0. The van der Waals surface area contributed by atoms with Gasteiger partial charge < -0.3 is 5.73 Å². The van der Waals surface area contributed by atoms with E-state index in [1.54, 1.807) is 0 Å². The number of nitrogens with two attached hydrogens (primary N) is 1. The summed E-state index contributed by atoms with van der Waals surface area (Å²) in [6.07, 6.45) is 6.66. The predicted molar refractivity (Wildman–Crippen MR) is 45.0 cm³/mol. The second-order valence-corrected chi connectivity index (χ2v) is 2.73. The summed E-state index contributed by atoms with van der Waals surface area (Å²) < 4.78 is 21.4. The van der Waals surface area contributed by atoms with Gasteiger partial charge in [-0.2, -0.15) is 0 Å². The molecule has 4 nitrogen and oxygen atoms in total. The molecule has 2 N–H and O–H groups in total. The third kappa shape index (κ3) is 7.60. The van der Waals surface area contributed by atoms with Crippen LogP contribution in [0.1, 0.15) is 32.1 Å². The van der Waals surface area contributed by atoms with Crippen LogP contribution in [0.4, 0.5) is 0 Å². The molecule has 1 rings (SSSR count). The topological polar surface area (TPSA) is 69.4 Å². The van der Waals surface area contributed by atoms with Crippen LogP contribution < -0.4 is 5.73 Å². The first-order chi connectivity index (χ1) is 5.81. The van der Waals surface area contributed by atoms with Gasteiger partial charge in [-0.15, -0.1) is 0 Å². The molecule has 66 valence electrons. The summed E-state index contributed by atoms with van der Waals surface area (Å²) in [6, 6.07) is 0.536. The van der Waals surface area contributed by atoms with Crippen molar-refractivity contribution in [2.75, 3.05) is 0 Å². The van der Waals surface area contributed by atoms with Crippen LogP contribution >= 0.6 is 0 Å². The average molecular weight is 169 g/mol. The molecule has 1 aliphatic rings. The molecular weight excluding hydrogens is 156 g/mol. The van der Waals surface area contributed by atoms with Crippen molar-refractivity contribution >= 4 is 14.7 Å². The first-order valence-electron chi connectivity index (χ1n) is 4.09. The van der Waals surface area contributed by atoms with Gasteiger partial charge in [-0.1, -0.05) is 19.3 Å². The standard InChI is InChI=1S/C6H13N.B2O3/c7-6-4-2-1-3-5-6;3-1-5-2-4/h6H,1-5,7H2;. The zero-order valence-electron chi connectivity index (χ0n) is 7.07. The molecule has 0 aromatic heterocycles. The number of rotatable bonds is 2. The summed E-state index contributed by atoms with van der Waals surface area (Å²) >= 11 is 0. The van der Waals surface area contributed by atoms with Gasteiger partial charge in [0.2, 0.25) is 0 Å². The molecule has 0 amide bonds. The van der Waals surface area contributed by atoms with E-state index < -0.39 is 0 Å². The van der Waals surface area contributed by atoms with Gasteiger partial charge in [-0.05, 0) is 12.8 Å². The van der Waals surface area contributed by atoms with E-state index in [0.717, 1.165) is 0 Å². The van der Waals surface area contributed by atoms with Crippen LogP contribution in [-0.2, 0) is 14.0 Å². The zero-order chi connectivity index (χ0) is 9.23. The van der Waals surface area contributed by atoms with Gasteiger partial charge >= 0.3 is 28.7 Å². The second-order valence-electron chi connectivity index (χ2n) is 2.73. The van der Waals surface area contributed by atoms with Crippen molar-refractivity contribution in [3.8, 4) is 0 Å². The Hall–Kier alpha value is -0.510. The van der Waals surface area contributed by atoms with Crippen molar-refractivity contribution in [3.63, 3.8) is 0 Å². The van der Waals surface area contributed by atoms with E-state index in [1.165, 1.54) is 32.1 Å². The Labute approximate surface area is 73.4 Å². The number of hydrogen-bond donors (Lipinski definition) is 1. The summed E-state index contributed by atoms with van der Waals surface area (Å²) in [7, 11) is 0.125. The SMILES string of the molecule is NC1CCCCC1.O=BOB=O. The fourth-order valence-electron chi connectivity index (χ4n) is 1.16. The maximum absolute atomic E-state index is 8.95. The van der Waals surface area contributed by atoms with Gasteiger partial charge in [0.1, 0.15) is 0 Å². The molecular formula is C6H13B2NO3. The molecule has 0 saturated heterocycles. The fraction of sp³-hybridized carbons (Fsp3) is 1.00. The Morgan fingerprint density at radius 2 is 1.58 bits per heavy atom. The summed E-state index contributed by atoms with van der Waals surface area (Å²) in [5, 5.41) is 0. The van der Waals surface area contributed by atoms with E-state index in [9.17, 15) is 0 Å². The van der Waals surface area contributed by atoms with Crippen LogP contribution in [-0.4, -0.2) is 20.7 Å².